The van der Waals surface area contributed by atoms with E-state index in [2.05, 4.69) is 16.0 Å². The minimum atomic E-state index is -0.600. The molecule has 1 unspecified atom stereocenters. The van der Waals surface area contributed by atoms with E-state index >= 15 is 0 Å². The Balaban J connectivity index is 1.27. The summed E-state index contributed by atoms with van der Waals surface area (Å²) in [7, 11) is 0. The Morgan fingerprint density at radius 3 is 2.18 bits per heavy atom. The van der Waals surface area contributed by atoms with Gasteiger partial charge >= 0.3 is 0 Å². The van der Waals surface area contributed by atoms with Gasteiger partial charge in [0.2, 0.25) is 5.91 Å². The molecule has 0 fully saturated rings. The van der Waals surface area contributed by atoms with Crippen LogP contribution < -0.4 is 16.0 Å². The van der Waals surface area contributed by atoms with Gasteiger partial charge in [-0.05, 0) is 82.9 Å². The Bertz CT molecular complexity index is 2170. The lowest BCUT2D eigenvalue weighted by Crippen LogP contribution is -2.30. The maximum atomic E-state index is 13.9. The summed E-state index contributed by atoms with van der Waals surface area (Å²) in [6, 6.07) is 44.6. The second kappa shape index (κ2) is 15.5. The first-order valence-corrected chi connectivity index (χ1v) is 16.9. The smallest absolute Gasteiger partial charge is 0.272 e. The highest BCUT2D eigenvalue weighted by atomic mass is 35.5. The van der Waals surface area contributed by atoms with Crippen LogP contribution in [0.25, 0.3) is 16.8 Å². The van der Waals surface area contributed by atoms with Crippen molar-refractivity contribution < 1.29 is 14.4 Å². The molecule has 6 nitrogen and oxygen atoms in total. The van der Waals surface area contributed by atoms with E-state index in [1.54, 1.807) is 48.5 Å². The zero-order valence-corrected chi connectivity index (χ0v) is 28.1. The molecule has 0 saturated carbocycles. The highest BCUT2D eigenvalue weighted by Crippen LogP contribution is 2.38. The lowest BCUT2D eigenvalue weighted by Gasteiger charge is -2.19. The predicted octanol–water partition coefficient (Wildman–Crippen LogP) is 9.68. The second-order valence-corrected chi connectivity index (χ2v) is 12.8. The first-order valence-electron chi connectivity index (χ1n) is 15.6. The summed E-state index contributed by atoms with van der Waals surface area (Å²) in [5, 5.41) is 10.7. The van der Waals surface area contributed by atoms with E-state index in [0.717, 1.165) is 32.4 Å². The van der Waals surface area contributed by atoms with Gasteiger partial charge in [0.05, 0.1) is 0 Å². The molecule has 1 atom stereocenters. The zero-order chi connectivity index (χ0) is 34.2. The Hall–Kier alpha value is -5.63. The summed E-state index contributed by atoms with van der Waals surface area (Å²) in [5.41, 5.74) is 4.05. The van der Waals surface area contributed by atoms with Crippen molar-refractivity contribution in [3.05, 3.63) is 179 Å². The third-order valence-electron chi connectivity index (χ3n) is 7.86. The second-order valence-electron chi connectivity index (χ2n) is 11.2. The molecule has 6 aromatic rings. The average molecular weight is 682 g/mol. The van der Waals surface area contributed by atoms with Gasteiger partial charge in [-0.15, -0.1) is 11.8 Å². The molecule has 3 N–H and O–H groups in total. The fourth-order valence-electron chi connectivity index (χ4n) is 5.30. The van der Waals surface area contributed by atoms with Crippen LogP contribution in [0.2, 0.25) is 5.02 Å². The van der Waals surface area contributed by atoms with Gasteiger partial charge in [0, 0.05) is 26.9 Å². The number of halogens is 1. The molecular formula is C41H32ClN3O3S. The van der Waals surface area contributed by atoms with Crippen LogP contribution in [-0.4, -0.2) is 17.7 Å². The molecule has 49 heavy (non-hydrogen) atoms. The molecule has 0 aromatic heterocycles. The SMILES string of the molecule is Cc1c(Cl)cccc1NC(=O)C(Sc1cccc(NC(=O)/C(=C\c2cccc3ccccc23)NC(=O)c2ccccc2)c1)c1ccccc1. The number of hydrogen-bond acceptors (Lipinski definition) is 4. The summed E-state index contributed by atoms with van der Waals surface area (Å²) in [4.78, 5) is 41.6. The summed E-state index contributed by atoms with van der Waals surface area (Å²) >= 11 is 7.68. The van der Waals surface area contributed by atoms with Gasteiger partial charge in [-0.3, -0.25) is 14.4 Å². The molecule has 242 valence electrons. The Morgan fingerprint density at radius 2 is 1.39 bits per heavy atom. The van der Waals surface area contributed by atoms with Gasteiger partial charge in [0.15, 0.2) is 0 Å². The van der Waals surface area contributed by atoms with E-state index in [9.17, 15) is 14.4 Å². The van der Waals surface area contributed by atoms with Gasteiger partial charge in [-0.1, -0.05) is 115 Å². The maximum Gasteiger partial charge on any atom is 0.272 e. The van der Waals surface area contributed by atoms with Crippen LogP contribution in [-0.2, 0) is 9.59 Å². The number of amides is 3. The topological polar surface area (TPSA) is 87.3 Å². The van der Waals surface area contributed by atoms with Gasteiger partial charge in [-0.25, -0.2) is 0 Å². The molecule has 0 aliphatic carbocycles. The van der Waals surface area contributed by atoms with Crippen LogP contribution in [0.5, 0.6) is 0 Å². The van der Waals surface area contributed by atoms with E-state index in [0.29, 0.717) is 22.0 Å². The molecule has 0 aliphatic rings. The molecule has 8 heteroatoms. The van der Waals surface area contributed by atoms with Gasteiger partial charge in [0.25, 0.3) is 11.8 Å². The zero-order valence-electron chi connectivity index (χ0n) is 26.5. The van der Waals surface area contributed by atoms with Crippen molar-refractivity contribution in [1.82, 2.24) is 5.32 Å². The van der Waals surface area contributed by atoms with E-state index in [1.807, 2.05) is 110 Å². The van der Waals surface area contributed by atoms with E-state index in [-0.39, 0.29) is 11.6 Å². The van der Waals surface area contributed by atoms with E-state index in [1.165, 1.54) is 11.8 Å². The summed E-state index contributed by atoms with van der Waals surface area (Å²) < 4.78 is 0. The van der Waals surface area contributed by atoms with Gasteiger partial charge < -0.3 is 16.0 Å². The van der Waals surface area contributed by atoms with Crippen LogP contribution in [0.15, 0.2) is 156 Å². The van der Waals surface area contributed by atoms with Crippen molar-refractivity contribution in [3.63, 3.8) is 0 Å². The Kier molecular flexibility index (Phi) is 10.5. The summed E-state index contributed by atoms with van der Waals surface area (Å²) in [5.74, 6) is -1.11. The van der Waals surface area contributed by atoms with Crippen LogP contribution in [0.4, 0.5) is 11.4 Å². The molecule has 0 spiro atoms. The molecule has 0 heterocycles. The largest absolute Gasteiger partial charge is 0.325 e. The normalized spacial score (nSPS) is 11.8. The number of carbonyl (C=O) groups is 3. The monoisotopic (exact) mass is 681 g/mol. The third kappa shape index (κ3) is 8.27. The van der Waals surface area contributed by atoms with Crippen molar-refractivity contribution in [2.45, 2.75) is 17.1 Å². The molecule has 6 aromatic carbocycles. The van der Waals surface area contributed by atoms with Gasteiger partial charge in [0.1, 0.15) is 10.9 Å². The minimum absolute atomic E-state index is 0.0849. The van der Waals surface area contributed by atoms with Crippen molar-refractivity contribution in [2.75, 3.05) is 10.6 Å². The molecule has 6 rings (SSSR count). The van der Waals surface area contributed by atoms with E-state index in [4.69, 9.17) is 11.6 Å². The van der Waals surface area contributed by atoms with Crippen molar-refractivity contribution in [1.29, 1.82) is 0 Å². The Morgan fingerprint density at radius 1 is 0.714 bits per heavy atom. The molecule has 0 aliphatic heterocycles. The van der Waals surface area contributed by atoms with Crippen molar-refractivity contribution >= 4 is 69.3 Å². The predicted molar refractivity (Wildman–Crippen MR) is 201 cm³/mol. The fourth-order valence-corrected chi connectivity index (χ4v) is 6.56. The number of benzene rings is 6. The van der Waals surface area contributed by atoms with Crippen LogP contribution in [0.1, 0.15) is 32.3 Å². The molecule has 0 saturated heterocycles. The minimum Gasteiger partial charge on any atom is -0.325 e. The molecular weight excluding hydrogens is 650 g/mol. The average Bonchev–Trinajstić information content (AvgIpc) is 3.13. The number of anilines is 2. The third-order valence-corrected chi connectivity index (χ3v) is 9.52. The van der Waals surface area contributed by atoms with Crippen LogP contribution >= 0.6 is 23.4 Å². The maximum absolute atomic E-state index is 13.9. The van der Waals surface area contributed by atoms with E-state index < -0.39 is 17.1 Å². The fraction of sp³-hybridized carbons (Fsp3) is 0.0488. The lowest BCUT2D eigenvalue weighted by atomic mass is 10.0. The lowest BCUT2D eigenvalue weighted by molar-refractivity contribution is -0.116. The van der Waals surface area contributed by atoms with Crippen molar-refractivity contribution in [2.24, 2.45) is 0 Å². The number of carbonyl (C=O) groups excluding carboxylic acids is 3. The summed E-state index contributed by atoms with van der Waals surface area (Å²) in [6.07, 6.45) is 1.69. The first-order chi connectivity index (χ1) is 23.9. The van der Waals surface area contributed by atoms with Crippen LogP contribution in [0.3, 0.4) is 0 Å². The molecule has 3 amide bonds. The highest BCUT2D eigenvalue weighted by molar-refractivity contribution is 8.00. The highest BCUT2D eigenvalue weighted by Gasteiger charge is 2.23. The first kappa shape index (κ1) is 33.3. The number of nitrogens with one attached hydrogen (secondary N) is 3. The number of thioether (sulfide) groups is 1. The summed E-state index contributed by atoms with van der Waals surface area (Å²) in [6.45, 7) is 1.86. The van der Waals surface area contributed by atoms with Gasteiger partial charge in [-0.2, -0.15) is 0 Å². The quantitative estimate of drug-likeness (QED) is 0.0993. The van der Waals surface area contributed by atoms with Crippen molar-refractivity contribution in [3.8, 4) is 0 Å². The molecule has 0 bridgehead atoms. The standard InChI is InChI=1S/C41H32ClN3O3S/c1-27-35(42)23-12-24-36(27)44-41(48)38(29-14-4-2-5-15-29)49-33-21-11-20-32(26-33)43-40(47)37(45-39(46)30-16-6-3-7-17-30)25-31-19-10-18-28-13-8-9-22-34(28)31/h2-26,38H,1H3,(H,43,47)(H,44,48)(H,45,46)/b37-25+. The molecule has 0 radical (unpaired) electrons. The Labute approximate surface area is 294 Å². The number of hydrogen-bond donors (Lipinski definition) is 3. The number of rotatable bonds is 10. The number of fused-ring (bicyclic) bond motifs is 1. The van der Waals surface area contributed by atoms with Crippen LogP contribution in [0, 0.1) is 6.92 Å².